The van der Waals surface area contributed by atoms with Crippen molar-refractivity contribution in [2.75, 3.05) is 26.7 Å². The smallest absolute Gasteiger partial charge is 0.118 e. The molecule has 0 bridgehead atoms. The van der Waals surface area contributed by atoms with Gasteiger partial charge in [0.1, 0.15) is 5.75 Å². The van der Waals surface area contributed by atoms with Gasteiger partial charge in [0.05, 0.1) is 7.11 Å². The number of nitrogens with zero attached hydrogens (tertiary/aromatic N) is 1. The molecule has 0 radical (unpaired) electrons. The molecule has 3 nitrogen and oxygen atoms in total. The molecule has 2 aromatic carbocycles. The molecule has 21 heavy (non-hydrogen) atoms. The van der Waals surface area contributed by atoms with Gasteiger partial charge in [-0.05, 0) is 23.3 Å². The maximum absolute atomic E-state index is 5.23. The molecule has 1 N–H and O–H groups in total. The van der Waals surface area contributed by atoms with E-state index in [2.05, 4.69) is 52.7 Å². The number of hydrogen-bond donors (Lipinski definition) is 1. The highest BCUT2D eigenvalue weighted by Crippen LogP contribution is 2.21. The monoisotopic (exact) mass is 282 g/mol. The molecule has 3 rings (SSSR count). The third-order valence-corrected chi connectivity index (χ3v) is 4.03. The van der Waals surface area contributed by atoms with E-state index in [4.69, 9.17) is 4.74 Å². The summed E-state index contributed by atoms with van der Waals surface area (Å²) in [4.78, 5) is 2.51. The number of piperazine rings is 1. The summed E-state index contributed by atoms with van der Waals surface area (Å²) in [7, 11) is 1.70. The van der Waals surface area contributed by atoms with Crippen LogP contribution in [0.1, 0.15) is 17.2 Å². The van der Waals surface area contributed by atoms with Gasteiger partial charge in [-0.3, -0.25) is 4.90 Å². The van der Waals surface area contributed by atoms with E-state index in [0.717, 1.165) is 31.9 Å². The fourth-order valence-electron chi connectivity index (χ4n) is 2.86. The summed E-state index contributed by atoms with van der Waals surface area (Å²) in [6, 6.07) is 19.5. The van der Waals surface area contributed by atoms with Crippen molar-refractivity contribution in [3.8, 4) is 5.75 Å². The van der Waals surface area contributed by atoms with Gasteiger partial charge < -0.3 is 10.1 Å². The summed E-state index contributed by atoms with van der Waals surface area (Å²) in [6.45, 7) is 4.20. The van der Waals surface area contributed by atoms with E-state index in [1.54, 1.807) is 7.11 Å². The fourth-order valence-corrected chi connectivity index (χ4v) is 2.86. The maximum atomic E-state index is 5.23. The minimum Gasteiger partial charge on any atom is -0.497 e. The lowest BCUT2D eigenvalue weighted by Crippen LogP contribution is -2.45. The van der Waals surface area contributed by atoms with E-state index in [1.807, 2.05) is 12.1 Å². The predicted octanol–water partition coefficient (Wildman–Crippen LogP) is 2.84. The van der Waals surface area contributed by atoms with E-state index in [9.17, 15) is 0 Å². The lowest BCUT2D eigenvalue weighted by atomic mass is 10.0. The lowest BCUT2D eigenvalue weighted by molar-refractivity contribution is 0.193. The van der Waals surface area contributed by atoms with Crippen molar-refractivity contribution < 1.29 is 4.74 Å². The van der Waals surface area contributed by atoms with E-state index < -0.39 is 0 Å². The number of nitrogens with one attached hydrogen (secondary N) is 1. The van der Waals surface area contributed by atoms with Gasteiger partial charge in [0.15, 0.2) is 0 Å². The predicted molar refractivity (Wildman–Crippen MR) is 85.5 cm³/mol. The van der Waals surface area contributed by atoms with Gasteiger partial charge in [0, 0.05) is 32.2 Å². The minimum absolute atomic E-state index is 0.397. The van der Waals surface area contributed by atoms with Crippen molar-refractivity contribution in [3.05, 3.63) is 65.7 Å². The number of hydrogen-bond acceptors (Lipinski definition) is 3. The van der Waals surface area contributed by atoms with E-state index >= 15 is 0 Å². The molecule has 0 spiro atoms. The first-order valence-corrected chi connectivity index (χ1v) is 7.49. The van der Waals surface area contributed by atoms with Crippen LogP contribution < -0.4 is 10.1 Å². The summed E-state index contributed by atoms with van der Waals surface area (Å²) in [6.07, 6.45) is 0. The van der Waals surface area contributed by atoms with Crippen LogP contribution in [0, 0.1) is 0 Å². The average Bonchev–Trinajstić information content (AvgIpc) is 2.56. The highest BCUT2D eigenvalue weighted by Gasteiger charge is 2.20. The van der Waals surface area contributed by atoms with Gasteiger partial charge in [-0.15, -0.1) is 0 Å². The largest absolute Gasteiger partial charge is 0.497 e. The van der Waals surface area contributed by atoms with Crippen LogP contribution >= 0.6 is 0 Å². The molecule has 0 aromatic heterocycles. The summed E-state index contributed by atoms with van der Waals surface area (Å²) in [5.41, 5.74) is 2.71. The molecule has 1 aliphatic rings. The van der Waals surface area contributed by atoms with E-state index in [1.165, 1.54) is 11.1 Å². The van der Waals surface area contributed by atoms with Crippen LogP contribution in [-0.4, -0.2) is 31.6 Å². The number of methoxy groups -OCH3 is 1. The molecular weight excluding hydrogens is 260 g/mol. The zero-order valence-electron chi connectivity index (χ0n) is 12.5. The molecule has 3 heteroatoms. The first-order chi connectivity index (χ1) is 10.3. The Hall–Kier alpha value is -1.84. The SMILES string of the molecule is COc1ccc(C2CN(Cc3ccccc3)CCN2)cc1. The third-order valence-electron chi connectivity index (χ3n) is 4.03. The van der Waals surface area contributed by atoms with Crippen molar-refractivity contribution in [1.82, 2.24) is 10.2 Å². The summed E-state index contributed by atoms with van der Waals surface area (Å²) < 4.78 is 5.23. The maximum Gasteiger partial charge on any atom is 0.118 e. The number of rotatable bonds is 4. The molecule has 110 valence electrons. The topological polar surface area (TPSA) is 24.5 Å². The third kappa shape index (κ3) is 3.63. The van der Waals surface area contributed by atoms with Crippen molar-refractivity contribution >= 4 is 0 Å². The number of ether oxygens (including phenoxy) is 1. The highest BCUT2D eigenvalue weighted by molar-refractivity contribution is 5.29. The van der Waals surface area contributed by atoms with Gasteiger partial charge in [0.25, 0.3) is 0 Å². The summed E-state index contributed by atoms with van der Waals surface area (Å²) >= 11 is 0. The van der Waals surface area contributed by atoms with Crippen LogP contribution in [0.3, 0.4) is 0 Å². The van der Waals surface area contributed by atoms with Crippen LogP contribution in [0.15, 0.2) is 54.6 Å². The second-order valence-electron chi connectivity index (χ2n) is 5.50. The van der Waals surface area contributed by atoms with Crippen LogP contribution in [0.5, 0.6) is 5.75 Å². The highest BCUT2D eigenvalue weighted by atomic mass is 16.5. The van der Waals surface area contributed by atoms with Crippen LogP contribution in [0.2, 0.25) is 0 Å². The fraction of sp³-hybridized carbons (Fsp3) is 0.333. The molecule has 0 saturated carbocycles. The molecule has 1 aliphatic heterocycles. The van der Waals surface area contributed by atoms with Crippen molar-refractivity contribution in [3.63, 3.8) is 0 Å². The Balaban J connectivity index is 1.64. The molecule has 1 heterocycles. The first kappa shape index (κ1) is 14.1. The first-order valence-electron chi connectivity index (χ1n) is 7.49. The number of benzene rings is 2. The average molecular weight is 282 g/mol. The van der Waals surface area contributed by atoms with Gasteiger partial charge in [-0.25, -0.2) is 0 Å². The van der Waals surface area contributed by atoms with E-state index in [0.29, 0.717) is 6.04 Å². The Labute approximate surface area is 126 Å². The summed E-state index contributed by atoms with van der Waals surface area (Å²) in [5.74, 6) is 0.913. The molecule has 1 fully saturated rings. The Morgan fingerprint density at radius 1 is 1.10 bits per heavy atom. The Morgan fingerprint density at radius 3 is 2.57 bits per heavy atom. The molecule has 1 atom stereocenters. The van der Waals surface area contributed by atoms with Crippen LogP contribution in [0.4, 0.5) is 0 Å². The second-order valence-corrected chi connectivity index (χ2v) is 5.50. The van der Waals surface area contributed by atoms with Crippen molar-refractivity contribution in [2.45, 2.75) is 12.6 Å². The molecule has 1 saturated heterocycles. The molecular formula is C18H22N2O. The van der Waals surface area contributed by atoms with Crippen LogP contribution in [-0.2, 0) is 6.54 Å². The zero-order chi connectivity index (χ0) is 14.5. The summed E-state index contributed by atoms with van der Waals surface area (Å²) in [5, 5.41) is 3.61. The van der Waals surface area contributed by atoms with Gasteiger partial charge in [-0.2, -0.15) is 0 Å². The standard InChI is InChI=1S/C18H22N2O/c1-21-17-9-7-16(8-10-17)18-14-20(12-11-19-18)13-15-5-3-2-4-6-15/h2-10,18-19H,11-14H2,1H3. The Bertz CT molecular complexity index is 553. The van der Waals surface area contributed by atoms with Gasteiger partial charge in [-0.1, -0.05) is 42.5 Å². The van der Waals surface area contributed by atoms with Gasteiger partial charge >= 0.3 is 0 Å². The minimum atomic E-state index is 0.397. The zero-order valence-corrected chi connectivity index (χ0v) is 12.5. The van der Waals surface area contributed by atoms with Crippen molar-refractivity contribution in [1.29, 1.82) is 0 Å². The second kappa shape index (κ2) is 6.74. The van der Waals surface area contributed by atoms with Gasteiger partial charge in [0.2, 0.25) is 0 Å². The molecule has 0 aliphatic carbocycles. The van der Waals surface area contributed by atoms with Crippen molar-refractivity contribution in [2.24, 2.45) is 0 Å². The molecule has 2 aromatic rings. The Morgan fingerprint density at radius 2 is 1.86 bits per heavy atom. The molecule has 0 amide bonds. The Kier molecular flexibility index (Phi) is 4.53. The molecule has 1 unspecified atom stereocenters. The van der Waals surface area contributed by atoms with E-state index in [-0.39, 0.29) is 0 Å². The van der Waals surface area contributed by atoms with Crippen LogP contribution in [0.25, 0.3) is 0 Å². The quantitative estimate of drug-likeness (QED) is 0.933. The normalized spacial score (nSPS) is 19.4. The lowest BCUT2D eigenvalue weighted by Gasteiger charge is -2.34.